The van der Waals surface area contributed by atoms with Crippen LogP contribution in [0.4, 0.5) is 0 Å². The van der Waals surface area contributed by atoms with E-state index in [4.69, 9.17) is 27.9 Å². The zero-order chi connectivity index (χ0) is 19.7. The van der Waals surface area contributed by atoms with Gasteiger partial charge in [-0.05, 0) is 36.4 Å². The molecule has 144 valence electrons. The van der Waals surface area contributed by atoms with Gasteiger partial charge in [0.2, 0.25) is 5.56 Å². The molecule has 0 fully saturated rings. The third-order valence-electron chi connectivity index (χ3n) is 4.05. The van der Waals surface area contributed by atoms with Crippen LogP contribution < -0.4 is 10.3 Å². The van der Waals surface area contributed by atoms with E-state index in [2.05, 4.69) is 15.0 Å². The predicted molar refractivity (Wildman–Crippen MR) is 113 cm³/mol. The molecule has 0 saturated carbocycles. The van der Waals surface area contributed by atoms with Crippen molar-refractivity contribution in [2.24, 2.45) is 0 Å². The molecule has 0 aliphatic heterocycles. The van der Waals surface area contributed by atoms with E-state index in [0.29, 0.717) is 26.7 Å². The van der Waals surface area contributed by atoms with Crippen molar-refractivity contribution in [1.29, 1.82) is 0 Å². The van der Waals surface area contributed by atoms with E-state index in [-0.39, 0.29) is 12.2 Å². The smallest absolute Gasteiger partial charge is 0.248 e. The van der Waals surface area contributed by atoms with E-state index in [0.717, 1.165) is 21.9 Å². The van der Waals surface area contributed by atoms with Gasteiger partial charge in [0.05, 0.1) is 27.2 Å². The lowest BCUT2D eigenvalue weighted by Gasteiger charge is -2.12. The van der Waals surface area contributed by atoms with Crippen LogP contribution >= 0.6 is 35.0 Å². The minimum Gasteiger partial charge on any atom is -0.491 e. The second-order valence-electron chi connectivity index (χ2n) is 6.17. The van der Waals surface area contributed by atoms with Crippen molar-refractivity contribution < 1.29 is 9.84 Å². The first-order valence-electron chi connectivity index (χ1n) is 8.39. The Kier molecular flexibility index (Phi) is 5.50. The maximum Gasteiger partial charge on any atom is 0.248 e. The number of pyridine rings is 1. The molecule has 1 atom stereocenters. The van der Waals surface area contributed by atoms with Crippen molar-refractivity contribution in [1.82, 2.24) is 15.0 Å². The van der Waals surface area contributed by atoms with Gasteiger partial charge in [-0.3, -0.25) is 4.79 Å². The first-order chi connectivity index (χ1) is 13.5. The average Bonchev–Trinajstić information content (AvgIpc) is 3.06. The lowest BCUT2D eigenvalue weighted by Crippen LogP contribution is -2.20. The number of aliphatic hydroxyl groups excluding tert-OH is 1. The molecule has 4 aromatic rings. The molecule has 0 spiro atoms. The number of halogens is 2. The molecule has 0 aliphatic carbocycles. The Balaban J connectivity index is 1.35. The van der Waals surface area contributed by atoms with E-state index in [1.807, 2.05) is 6.07 Å². The Morgan fingerprint density at radius 2 is 1.89 bits per heavy atom. The van der Waals surface area contributed by atoms with Gasteiger partial charge in [0.25, 0.3) is 0 Å². The number of rotatable bonds is 6. The highest BCUT2D eigenvalue weighted by Crippen LogP contribution is 2.28. The fraction of sp³-hybridized carbons (Fsp3) is 0.158. The summed E-state index contributed by atoms with van der Waals surface area (Å²) in [4.78, 5) is 21.6. The largest absolute Gasteiger partial charge is 0.491 e. The van der Waals surface area contributed by atoms with Crippen LogP contribution in [-0.2, 0) is 0 Å². The number of hydrogen-bond acceptors (Lipinski definition) is 5. The van der Waals surface area contributed by atoms with Crippen LogP contribution in [0.1, 0.15) is 0 Å². The normalized spacial score (nSPS) is 12.5. The molecule has 4 rings (SSSR count). The number of nitrogens with zero attached hydrogens (tertiary/aromatic N) is 1. The maximum atomic E-state index is 11.3. The Morgan fingerprint density at radius 1 is 1.07 bits per heavy atom. The number of benzene rings is 2. The van der Waals surface area contributed by atoms with Gasteiger partial charge in [-0.2, -0.15) is 0 Å². The molecule has 0 amide bonds. The molecule has 2 aromatic carbocycles. The van der Waals surface area contributed by atoms with Crippen LogP contribution in [0.3, 0.4) is 0 Å². The van der Waals surface area contributed by atoms with Crippen LogP contribution in [0.15, 0.2) is 52.4 Å². The fourth-order valence-electron chi connectivity index (χ4n) is 2.69. The van der Waals surface area contributed by atoms with Crippen molar-refractivity contribution in [3.05, 3.63) is 62.9 Å². The molecule has 2 aromatic heterocycles. The first-order valence-corrected chi connectivity index (χ1v) is 10.1. The summed E-state index contributed by atoms with van der Waals surface area (Å²) in [6.45, 7) is 0.139. The molecule has 0 bridgehead atoms. The van der Waals surface area contributed by atoms with Crippen molar-refractivity contribution >= 4 is 56.9 Å². The Bertz CT molecular complexity index is 1170. The molecule has 0 radical (unpaired) electrons. The highest BCUT2D eigenvalue weighted by Gasteiger charge is 2.11. The Hall–Kier alpha value is -2.19. The number of imidazole rings is 1. The number of aromatic nitrogens is 3. The maximum absolute atomic E-state index is 11.3. The molecule has 28 heavy (non-hydrogen) atoms. The summed E-state index contributed by atoms with van der Waals surface area (Å²) in [6, 6.07) is 12.0. The van der Waals surface area contributed by atoms with E-state index in [1.54, 1.807) is 30.3 Å². The quantitative estimate of drug-likeness (QED) is 0.394. The molecular weight excluding hydrogens is 421 g/mol. The Labute approximate surface area is 173 Å². The van der Waals surface area contributed by atoms with Crippen molar-refractivity contribution in [3.63, 3.8) is 0 Å². The van der Waals surface area contributed by atoms with E-state index < -0.39 is 6.10 Å². The number of aliphatic hydroxyl groups is 1. The number of thioether (sulfide) groups is 1. The lowest BCUT2D eigenvalue weighted by atomic mass is 10.2. The summed E-state index contributed by atoms with van der Waals surface area (Å²) >= 11 is 13.4. The fourth-order valence-corrected chi connectivity index (χ4v) is 3.80. The van der Waals surface area contributed by atoms with Gasteiger partial charge < -0.3 is 19.8 Å². The van der Waals surface area contributed by atoms with Crippen LogP contribution in [0.2, 0.25) is 10.0 Å². The van der Waals surface area contributed by atoms with E-state index in [9.17, 15) is 9.90 Å². The summed E-state index contributed by atoms with van der Waals surface area (Å²) in [5.74, 6) is 1.03. The monoisotopic (exact) mass is 435 g/mol. The number of nitrogens with one attached hydrogen (secondary N) is 2. The van der Waals surface area contributed by atoms with Gasteiger partial charge in [-0.25, -0.2) is 4.98 Å². The second-order valence-corrected chi connectivity index (χ2v) is 8.00. The molecule has 3 N–H and O–H groups in total. The number of H-pyrrole nitrogens is 2. The molecule has 6 nitrogen and oxygen atoms in total. The molecule has 1 unspecified atom stereocenters. The molecular formula is C19H15Cl2N3O3S. The third kappa shape index (κ3) is 4.28. The molecule has 2 heterocycles. The minimum atomic E-state index is -0.684. The van der Waals surface area contributed by atoms with Gasteiger partial charge in [-0.15, -0.1) is 0 Å². The van der Waals surface area contributed by atoms with Gasteiger partial charge in [-0.1, -0.05) is 35.0 Å². The van der Waals surface area contributed by atoms with E-state index >= 15 is 0 Å². The van der Waals surface area contributed by atoms with Gasteiger partial charge in [0.1, 0.15) is 12.4 Å². The number of ether oxygens (including phenoxy) is 1. The van der Waals surface area contributed by atoms with Crippen LogP contribution in [0.25, 0.3) is 21.9 Å². The minimum absolute atomic E-state index is 0.139. The predicted octanol–water partition coefficient (Wildman–Crippen LogP) is 4.24. The summed E-state index contributed by atoms with van der Waals surface area (Å²) in [6.07, 6.45) is -0.684. The van der Waals surface area contributed by atoms with Crippen molar-refractivity contribution in [3.8, 4) is 5.75 Å². The average molecular weight is 436 g/mol. The second kappa shape index (κ2) is 8.05. The zero-order valence-corrected chi connectivity index (χ0v) is 16.7. The molecule has 9 heteroatoms. The van der Waals surface area contributed by atoms with Gasteiger partial charge in [0.15, 0.2) is 5.16 Å². The van der Waals surface area contributed by atoms with E-state index in [1.165, 1.54) is 17.8 Å². The summed E-state index contributed by atoms with van der Waals surface area (Å²) < 4.78 is 5.66. The van der Waals surface area contributed by atoms with Gasteiger partial charge in [0, 0.05) is 22.7 Å². The van der Waals surface area contributed by atoms with Crippen LogP contribution in [-0.4, -0.2) is 38.5 Å². The SMILES string of the molecule is O=c1ccc2cc(OCC(O)CSc3nc4cc(Cl)c(Cl)cc4[nH]3)ccc2[nH]1. The molecule has 0 aliphatic rings. The van der Waals surface area contributed by atoms with Crippen LogP contribution in [0.5, 0.6) is 5.75 Å². The summed E-state index contributed by atoms with van der Waals surface area (Å²) in [7, 11) is 0. The highest BCUT2D eigenvalue weighted by atomic mass is 35.5. The van der Waals surface area contributed by atoms with Crippen molar-refractivity contribution in [2.75, 3.05) is 12.4 Å². The standard InChI is InChI=1S/C19H15Cl2N3O3S/c20-13-6-16-17(7-14(13)21)24-19(23-16)28-9-11(25)8-27-12-2-3-15-10(5-12)1-4-18(26)22-15/h1-7,11,25H,8-9H2,(H,22,26)(H,23,24). The topological polar surface area (TPSA) is 91.0 Å². The number of aromatic amines is 2. The van der Waals surface area contributed by atoms with Crippen molar-refractivity contribution in [2.45, 2.75) is 11.3 Å². The third-order valence-corrected chi connectivity index (χ3v) is 5.79. The summed E-state index contributed by atoms with van der Waals surface area (Å²) in [5.41, 5.74) is 2.10. The highest BCUT2D eigenvalue weighted by molar-refractivity contribution is 7.99. The summed E-state index contributed by atoms with van der Waals surface area (Å²) in [5, 5.41) is 12.6. The molecule has 0 saturated heterocycles. The zero-order valence-electron chi connectivity index (χ0n) is 14.4. The number of fused-ring (bicyclic) bond motifs is 2. The van der Waals surface area contributed by atoms with Gasteiger partial charge >= 0.3 is 0 Å². The Morgan fingerprint density at radius 3 is 2.75 bits per heavy atom. The number of hydrogen-bond donors (Lipinski definition) is 3. The first kappa shape index (κ1) is 19.1. The van der Waals surface area contributed by atoms with Crippen LogP contribution in [0, 0.1) is 0 Å². The lowest BCUT2D eigenvalue weighted by molar-refractivity contribution is 0.126.